The Bertz CT molecular complexity index is 826. The Balaban J connectivity index is 2.57. The second-order valence-electron chi connectivity index (χ2n) is 5.23. The van der Waals surface area contributed by atoms with Gasteiger partial charge in [-0.15, -0.1) is 0 Å². The third kappa shape index (κ3) is 3.92. The summed E-state index contributed by atoms with van der Waals surface area (Å²) in [5, 5.41) is 0. The van der Waals surface area contributed by atoms with Gasteiger partial charge in [0, 0.05) is 6.20 Å². The highest BCUT2D eigenvalue weighted by molar-refractivity contribution is 7.71. The van der Waals surface area contributed by atoms with Gasteiger partial charge in [-0.1, -0.05) is 13.0 Å². The fourth-order valence-corrected chi connectivity index (χ4v) is 2.87. The van der Waals surface area contributed by atoms with E-state index >= 15 is 0 Å². The molecule has 1 unspecified atom stereocenters. The van der Waals surface area contributed by atoms with E-state index < -0.39 is 29.6 Å². The van der Waals surface area contributed by atoms with Gasteiger partial charge in [0.05, 0.1) is 18.2 Å². The van der Waals surface area contributed by atoms with Crippen LogP contribution >= 0.6 is 12.2 Å². The van der Waals surface area contributed by atoms with E-state index in [1.54, 1.807) is 13.8 Å². The van der Waals surface area contributed by atoms with Gasteiger partial charge in [0.15, 0.2) is 4.77 Å². The Morgan fingerprint density at radius 3 is 2.60 bits per heavy atom. The van der Waals surface area contributed by atoms with Gasteiger partial charge in [-0.05, 0) is 43.3 Å². The number of imidazole rings is 1. The van der Waals surface area contributed by atoms with Crippen LogP contribution in [0.3, 0.4) is 0 Å². The van der Waals surface area contributed by atoms with Crippen molar-refractivity contribution in [3.63, 3.8) is 0 Å². The van der Waals surface area contributed by atoms with E-state index in [9.17, 15) is 22.4 Å². The zero-order valence-electron chi connectivity index (χ0n) is 13.5. The second-order valence-corrected chi connectivity index (χ2v) is 5.62. The summed E-state index contributed by atoms with van der Waals surface area (Å²) in [5.41, 5.74) is -1.07. The normalized spacial score (nSPS) is 12.9. The number of hydrogen-bond acceptors (Lipinski definition) is 3. The quantitative estimate of drug-likeness (QED) is 0.460. The van der Waals surface area contributed by atoms with Crippen molar-refractivity contribution in [2.45, 2.75) is 32.5 Å². The van der Waals surface area contributed by atoms with Crippen molar-refractivity contribution in [3.8, 4) is 0 Å². The fourth-order valence-electron chi connectivity index (χ4n) is 2.59. The summed E-state index contributed by atoms with van der Waals surface area (Å²) in [6.07, 6.45) is -3.14. The number of aromatic nitrogens is 2. The van der Waals surface area contributed by atoms with Crippen LogP contribution in [-0.4, -0.2) is 22.1 Å². The molecule has 0 bridgehead atoms. The van der Waals surface area contributed by atoms with Crippen molar-refractivity contribution < 1.29 is 27.1 Å². The largest absolute Gasteiger partial charge is 0.461 e. The Morgan fingerprint density at radius 1 is 1.36 bits per heavy atom. The van der Waals surface area contributed by atoms with Crippen molar-refractivity contribution in [2.75, 3.05) is 6.61 Å². The smallest absolute Gasteiger partial charge is 0.419 e. The fraction of sp³-hybridized carbons (Fsp3) is 0.375. The van der Waals surface area contributed by atoms with Crippen molar-refractivity contribution >= 4 is 18.2 Å². The number of nitrogens with zero attached hydrogens (tertiary/aromatic N) is 1. The molecule has 136 valence electrons. The average molecular weight is 376 g/mol. The van der Waals surface area contributed by atoms with E-state index in [0.717, 1.165) is 12.1 Å². The van der Waals surface area contributed by atoms with Gasteiger partial charge in [-0.2, -0.15) is 13.2 Å². The van der Waals surface area contributed by atoms with Gasteiger partial charge in [0.25, 0.3) is 0 Å². The van der Waals surface area contributed by atoms with Crippen LogP contribution < -0.4 is 0 Å². The first-order chi connectivity index (χ1) is 11.7. The minimum atomic E-state index is -4.82. The Labute approximate surface area is 146 Å². The number of rotatable bonds is 5. The molecule has 0 fully saturated rings. The SMILES string of the molecule is CCOC(=O)c1c[nH]c(=S)n1C(CC)c1ccc(F)c(C(F)(F)F)c1. The molecule has 0 aliphatic carbocycles. The zero-order chi connectivity index (χ0) is 18.8. The first kappa shape index (κ1) is 19.2. The lowest BCUT2D eigenvalue weighted by Crippen LogP contribution is -2.19. The molecule has 9 heteroatoms. The summed E-state index contributed by atoms with van der Waals surface area (Å²) in [5.74, 6) is -2.00. The standard InChI is InChI=1S/C16H16F4N2O2S/c1-3-12(9-5-6-11(17)10(7-9)16(18,19)20)22-13(8-21-15(22)25)14(23)24-4-2/h5-8,12H,3-4H2,1-2H3,(H,21,25). The first-order valence-electron chi connectivity index (χ1n) is 7.54. The maximum atomic E-state index is 13.5. The molecule has 1 aromatic heterocycles. The van der Waals surface area contributed by atoms with Crippen molar-refractivity contribution in [1.29, 1.82) is 0 Å². The van der Waals surface area contributed by atoms with Crippen LogP contribution in [0.25, 0.3) is 0 Å². The third-order valence-corrected chi connectivity index (χ3v) is 3.99. The minimum Gasteiger partial charge on any atom is -0.461 e. The molecule has 0 aliphatic rings. The number of esters is 1. The Kier molecular flexibility index (Phi) is 5.66. The number of hydrogen-bond donors (Lipinski definition) is 1. The molecule has 2 rings (SSSR count). The number of H-pyrrole nitrogens is 1. The van der Waals surface area contributed by atoms with Crippen LogP contribution in [0.4, 0.5) is 17.6 Å². The van der Waals surface area contributed by atoms with E-state index in [-0.39, 0.29) is 22.6 Å². The van der Waals surface area contributed by atoms with Gasteiger partial charge in [-0.3, -0.25) is 0 Å². The van der Waals surface area contributed by atoms with Gasteiger partial charge in [0.2, 0.25) is 0 Å². The monoisotopic (exact) mass is 376 g/mol. The second kappa shape index (κ2) is 7.38. The van der Waals surface area contributed by atoms with Crippen LogP contribution in [0, 0.1) is 10.6 Å². The summed E-state index contributed by atoms with van der Waals surface area (Å²) in [6.45, 7) is 3.50. The summed E-state index contributed by atoms with van der Waals surface area (Å²) in [6, 6.07) is 2.08. The van der Waals surface area contributed by atoms with Gasteiger partial charge in [-0.25, -0.2) is 9.18 Å². The summed E-state index contributed by atoms with van der Waals surface area (Å²) in [7, 11) is 0. The van der Waals surface area contributed by atoms with Crippen LogP contribution in [0.1, 0.15) is 47.9 Å². The van der Waals surface area contributed by atoms with Crippen molar-refractivity contribution in [2.24, 2.45) is 0 Å². The lowest BCUT2D eigenvalue weighted by Gasteiger charge is -2.21. The van der Waals surface area contributed by atoms with Crippen LogP contribution in [0.2, 0.25) is 0 Å². The highest BCUT2D eigenvalue weighted by Gasteiger charge is 2.35. The van der Waals surface area contributed by atoms with Crippen LogP contribution in [0.15, 0.2) is 24.4 Å². The van der Waals surface area contributed by atoms with Crippen LogP contribution in [0.5, 0.6) is 0 Å². The highest BCUT2D eigenvalue weighted by atomic mass is 32.1. The molecule has 0 spiro atoms. The molecule has 0 amide bonds. The molecule has 0 saturated heterocycles. The molecular weight excluding hydrogens is 360 g/mol. The van der Waals surface area contributed by atoms with E-state index in [1.807, 2.05) is 0 Å². The zero-order valence-corrected chi connectivity index (χ0v) is 14.3. The predicted molar refractivity (Wildman–Crippen MR) is 85.4 cm³/mol. The maximum Gasteiger partial charge on any atom is 0.419 e. The molecule has 1 aromatic carbocycles. The van der Waals surface area contributed by atoms with Crippen molar-refractivity contribution in [1.82, 2.24) is 9.55 Å². The Morgan fingerprint density at radius 2 is 2.04 bits per heavy atom. The lowest BCUT2D eigenvalue weighted by atomic mass is 10.0. The summed E-state index contributed by atoms with van der Waals surface area (Å²) >= 11 is 5.15. The van der Waals surface area contributed by atoms with E-state index in [0.29, 0.717) is 6.42 Å². The van der Waals surface area contributed by atoms with E-state index in [1.165, 1.54) is 16.8 Å². The Hall–Kier alpha value is -2.16. The molecule has 0 aliphatic heterocycles. The molecule has 1 N–H and O–H groups in total. The predicted octanol–water partition coefficient (Wildman–Crippen LogP) is 4.88. The number of ether oxygens (including phenoxy) is 1. The van der Waals surface area contributed by atoms with Gasteiger partial charge in [0.1, 0.15) is 11.5 Å². The average Bonchev–Trinajstić information content (AvgIpc) is 2.91. The number of nitrogens with one attached hydrogen (secondary N) is 1. The van der Waals surface area contributed by atoms with Gasteiger partial charge < -0.3 is 14.3 Å². The molecular formula is C16H16F4N2O2S. The topological polar surface area (TPSA) is 47.0 Å². The number of benzene rings is 1. The number of alkyl halides is 3. The number of aromatic amines is 1. The highest BCUT2D eigenvalue weighted by Crippen LogP contribution is 2.34. The molecule has 1 atom stereocenters. The molecule has 1 heterocycles. The third-order valence-electron chi connectivity index (χ3n) is 3.67. The van der Waals surface area contributed by atoms with E-state index in [2.05, 4.69) is 4.98 Å². The van der Waals surface area contributed by atoms with E-state index in [4.69, 9.17) is 17.0 Å². The van der Waals surface area contributed by atoms with Crippen molar-refractivity contribution in [3.05, 3.63) is 51.8 Å². The molecule has 0 saturated carbocycles. The van der Waals surface area contributed by atoms with Gasteiger partial charge >= 0.3 is 12.1 Å². The molecule has 0 radical (unpaired) electrons. The maximum absolute atomic E-state index is 13.5. The first-order valence-corrected chi connectivity index (χ1v) is 7.95. The lowest BCUT2D eigenvalue weighted by molar-refractivity contribution is -0.140. The minimum absolute atomic E-state index is 0.0941. The number of halogens is 4. The molecule has 25 heavy (non-hydrogen) atoms. The molecule has 2 aromatic rings. The number of carbonyl (C=O) groups is 1. The summed E-state index contributed by atoms with van der Waals surface area (Å²) < 4.78 is 59.0. The summed E-state index contributed by atoms with van der Waals surface area (Å²) in [4.78, 5) is 14.8. The van der Waals surface area contributed by atoms with Crippen LogP contribution in [-0.2, 0) is 10.9 Å². The molecule has 4 nitrogen and oxygen atoms in total. The number of carbonyl (C=O) groups excluding carboxylic acids is 1.